The Hall–Kier alpha value is -2.85. The third kappa shape index (κ3) is 4.13. The first kappa shape index (κ1) is 22.0. The topological polar surface area (TPSA) is 102 Å². The Morgan fingerprint density at radius 2 is 1.67 bits per heavy atom. The molecule has 3 fully saturated rings. The molecule has 0 aromatic heterocycles. The third-order valence-corrected chi connectivity index (χ3v) is 7.19. The summed E-state index contributed by atoms with van der Waals surface area (Å²) in [5.41, 5.74) is 0.258. The number of fused-ring (bicyclic) bond motifs is 1. The van der Waals surface area contributed by atoms with Gasteiger partial charge >= 0.3 is 0 Å². The average molecular weight is 458 g/mol. The number of benzene rings is 1. The second-order valence-electron chi connectivity index (χ2n) is 9.28. The van der Waals surface area contributed by atoms with Crippen LogP contribution in [0.4, 0.5) is 10.1 Å². The van der Waals surface area contributed by atoms with Gasteiger partial charge in [0, 0.05) is 44.8 Å². The van der Waals surface area contributed by atoms with Crippen molar-refractivity contribution in [3.63, 3.8) is 0 Å². The summed E-state index contributed by atoms with van der Waals surface area (Å²) in [6.07, 6.45) is 2.45. The lowest BCUT2D eigenvalue weighted by Crippen LogP contribution is -2.54. The largest absolute Gasteiger partial charge is 0.369 e. The molecule has 1 atom stereocenters. The van der Waals surface area contributed by atoms with E-state index in [1.165, 1.54) is 18.9 Å². The van der Waals surface area contributed by atoms with E-state index in [4.69, 9.17) is 0 Å². The molecule has 4 aliphatic heterocycles. The first-order chi connectivity index (χ1) is 15.9. The molecule has 4 heterocycles. The van der Waals surface area contributed by atoms with Crippen molar-refractivity contribution >= 4 is 29.3 Å². The number of piperidine rings is 2. The predicted molar refractivity (Wildman–Crippen MR) is 117 cm³/mol. The van der Waals surface area contributed by atoms with Crippen LogP contribution in [0, 0.1) is 11.7 Å². The number of rotatable bonds is 4. The number of carbonyl (C=O) groups excluding carboxylic acids is 4. The van der Waals surface area contributed by atoms with Gasteiger partial charge in [-0.3, -0.25) is 34.3 Å². The van der Waals surface area contributed by atoms with Gasteiger partial charge in [-0.2, -0.15) is 0 Å². The third-order valence-electron chi connectivity index (χ3n) is 7.19. The summed E-state index contributed by atoms with van der Waals surface area (Å²) in [6.45, 7) is 6.35. The van der Waals surface area contributed by atoms with Crippen LogP contribution in [0.5, 0.6) is 0 Å². The van der Waals surface area contributed by atoms with Crippen LogP contribution in [-0.4, -0.2) is 85.3 Å². The highest BCUT2D eigenvalue weighted by Crippen LogP contribution is 2.33. The molecule has 0 spiro atoms. The molecule has 0 aliphatic carbocycles. The van der Waals surface area contributed by atoms with Crippen LogP contribution in [0.3, 0.4) is 0 Å². The summed E-state index contributed by atoms with van der Waals surface area (Å²) < 4.78 is 15.0. The summed E-state index contributed by atoms with van der Waals surface area (Å²) in [4.78, 5) is 54.8. The summed E-state index contributed by atoms with van der Waals surface area (Å²) in [5, 5.41) is 5.54. The van der Waals surface area contributed by atoms with Crippen molar-refractivity contribution in [1.29, 1.82) is 0 Å². The van der Waals surface area contributed by atoms with Gasteiger partial charge in [0.25, 0.3) is 11.8 Å². The second kappa shape index (κ2) is 8.83. The number of halogens is 1. The lowest BCUT2D eigenvalue weighted by Gasteiger charge is -2.38. The monoisotopic (exact) mass is 457 g/mol. The van der Waals surface area contributed by atoms with E-state index in [9.17, 15) is 19.2 Å². The molecule has 5 rings (SSSR count). The fourth-order valence-corrected chi connectivity index (χ4v) is 5.33. The minimum absolute atomic E-state index is 0.0168. The van der Waals surface area contributed by atoms with Crippen molar-refractivity contribution in [2.45, 2.75) is 31.7 Å². The molecule has 2 N–H and O–H groups in total. The molecule has 0 bridgehead atoms. The van der Waals surface area contributed by atoms with Gasteiger partial charge in [-0.15, -0.1) is 0 Å². The highest BCUT2D eigenvalue weighted by Gasteiger charge is 2.46. The van der Waals surface area contributed by atoms with Crippen molar-refractivity contribution in [2.24, 2.45) is 5.92 Å². The lowest BCUT2D eigenvalue weighted by molar-refractivity contribution is -0.136. The Bertz CT molecular complexity index is 1000. The van der Waals surface area contributed by atoms with Crippen LogP contribution < -0.4 is 15.5 Å². The van der Waals surface area contributed by atoms with Crippen LogP contribution in [-0.2, 0) is 9.59 Å². The van der Waals surface area contributed by atoms with E-state index in [-0.39, 0.29) is 24.0 Å². The van der Waals surface area contributed by atoms with Gasteiger partial charge in [-0.1, -0.05) is 0 Å². The molecular weight excluding hydrogens is 429 g/mol. The Morgan fingerprint density at radius 1 is 0.939 bits per heavy atom. The van der Waals surface area contributed by atoms with Crippen molar-refractivity contribution in [1.82, 2.24) is 20.4 Å². The Labute approximate surface area is 191 Å². The van der Waals surface area contributed by atoms with Gasteiger partial charge in [0.2, 0.25) is 11.8 Å². The SMILES string of the molecule is O=C1CCC(N2C(=O)c3cc(N4CCN(CC5CCNCC5)CC4)cc(F)c3C2=O)C(=O)N1. The number of amides is 4. The number of imide groups is 2. The Balaban J connectivity index is 1.29. The highest BCUT2D eigenvalue weighted by molar-refractivity contribution is 6.23. The maximum absolute atomic E-state index is 15.0. The van der Waals surface area contributed by atoms with E-state index >= 15 is 4.39 Å². The van der Waals surface area contributed by atoms with E-state index in [1.54, 1.807) is 6.07 Å². The molecule has 33 heavy (non-hydrogen) atoms. The van der Waals surface area contributed by atoms with Gasteiger partial charge < -0.3 is 10.2 Å². The number of anilines is 1. The maximum Gasteiger partial charge on any atom is 0.265 e. The van der Waals surface area contributed by atoms with E-state index in [1.807, 2.05) is 4.90 Å². The van der Waals surface area contributed by atoms with Gasteiger partial charge in [0.15, 0.2) is 0 Å². The van der Waals surface area contributed by atoms with Crippen LogP contribution in [0.2, 0.25) is 0 Å². The first-order valence-electron chi connectivity index (χ1n) is 11.7. The zero-order chi connectivity index (χ0) is 23.1. The number of nitrogens with one attached hydrogen (secondary N) is 2. The van der Waals surface area contributed by atoms with Crippen molar-refractivity contribution in [3.8, 4) is 0 Å². The molecule has 1 unspecified atom stereocenters. The zero-order valence-electron chi connectivity index (χ0n) is 18.4. The van der Waals surface area contributed by atoms with Crippen molar-refractivity contribution < 1.29 is 23.6 Å². The van der Waals surface area contributed by atoms with Gasteiger partial charge in [0.1, 0.15) is 11.9 Å². The second-order valence-corrected chi connectivity index (χ2v) is 9.28. The summed E-state index contributed by atoms with van der Waals surface area (Å²) in [6, 6.07) is 1.77. The molecule has 0 saturated carbocycles. The molecule has 3 saturated heterocycles. The quantitative estimate of drug-likeness (QED) is 0.629. The van der Waals surface area contributed by atoms with Gasteiger partial charge in [-0.25, -0.2) is 4.39 Å². The molecule has 10 heteroatoms. The normalized spacial score (nSPS) is 24.9. The van der Waals surface area contributed by atoms with Crippen molar-refractivity contribution in [2.75, 3.05) is 50.7 Å². The van der Waals surface area contributed by atoms with Gasteiger partial charge in [-0.05, 0) is 50.4 Å². The van der Waals surface area contributed by atoms with Gasteiger partial charge in [0.05, 0.1) is 11.1 Å². The molecule has 9 nitrogen and oxygen atoms in total. The van der Waals surface area contributed by atoms with E-state index in [2.05, 4.69) is 15.5 Å². The predicted octanol–water partition coefficient (Wildman–Crippen LogP) is 0.349. The first-order valence-corrected chi connectivity index (χ1v) is 11.7. The fourth-order valence-electron chi connectivity index (χ4n) is 5.33. The Kier molecular flexibility index (Phi) is 5.88. The maximum atomic E-state index is 15.0. The molecule has 4 aliphatic rings. The van der Waals surface area contributed by atoms with Crippen LogP contribution in [0.1, 0.15) is 46.4 Å². The van der Waals surface area contributed by atoms with E-state index in [0.29, 0.717) is 24.7 Å². The van der Waals surface area contributed by atoms with Crippen LogP contribution in [0.15, 0.2) is 12.1 Å². The highest BCUT2D eigenvalue weighted by atomic mass is 19.1. The summed E-state index contributed by atoms with van der Waals surface area (Å²) in [5.74, 6) is -2.70. The van der Waals surface area contributed by atoms with Crippen LogP contribution >= 0.6 is 0 Å². The minimum atomic E-state index is -1.10. The van der Waals surface area contributed by atoms with Crippen LogP contribution in [0.25, 0.3) is 0 Å². The lowest BCUT2D eigenvalue weighted by atomic mass is 9.97. The van der Waals surface area contributed by atoms with E-state index < -0.39 is 35.5 Å². The molecule has 1 aromatic carbocycles. The number of carbonyl (C=O) groups is 4. The number of hydrogen-bond donors (Lipinski definition) is 2. The molecule has 0 radical (unpaired) electrons. The molecule has 4 amide bonds. The molecular formula is C23H28FN5O4. The Morgan fingerprint density at radius 3 is 2.36 bits per heavy atom. The fraction of sp³-hybridized carbons (Fsp3) is 0.565. The number of hydrogen-bond acceptors (Lipinski definition) is 7. The molecule has 176 valence electrons. The smallest absolute Gasteiger partial charge is 0.265 e. The average Bonchev–Trinajstić information content (AvgIpc) is 3.05. The summed E-state index contributed by atoms with van der Waals surface area (Å²) in [7, 11) is 0. The standard InChI is InChI=1S/C23H28FN5O4/c24-17-12-15(28-9-7-27(8-10-28)13-14-3-5-25-6-4-14)11-16-20(17)23(33)29(22(16)32)18-1-2-19(30)26-21(18)31/h11-12,14,18,25H,1-10,13H2,(H,26,30,31). The van der Waals surface area contributed by atoms with Crippen molar-refractivity contribution in [3.05, 3.63) is 29.1 Å². The minimum Gasteiger partial charge on any atom is -0.369 e. The summed E-state index contributed by atoms with van der Waals surface area (Å²) >= 11 is 0. The number of nitrogens with zero attached hydrogens (tertiary/aromatic N) is 3. The number of piperazine rings is 1. The van der Waals surface area contributed by atoms with E-state index in [0.717, 1.165) is 37.6 Å². The zero-order valence-corrected chi connectivity index (χ0v) is 18.4. The molecule has 1 aromatic rings.